The van der Waals surface area contributed by atoms with Crippen LogP contribution in [-0.2, 0) is 11.4 Å². The molecule has 1 atom stereocenters. The summed E-state index contributed by atoms with van der Waals surface area (Å²) in [5, 5.41) is 4.27. The highest BCUT2D eigenvalue weighted by molar-refractivity contribution is 6.01. The number of oxime groups is 1. The normalized spacial score (nSPS) is 16.5. The number of benzene rings is 2. The van der Waals surface area contributed by atoms with E-state index in [0.717, 1.165) is 29.9 Å². The van der Waals surface area contributed by atoms with Gasteiger partial charge in [-0.25, -0.2) is 0 Å². The van der Waals surface area contributed by atoms with Crippen LogP contribution < -0.4 is 4.74 Å². The number of unbranched alkanes of at least 4 members (excludes halogenated alkanes) is 2. The number of hydrogen-bond donors (Lipinski definition) is 0. The molecule has 0 N–H and O–H groups in total. The summed E-state index contributed by atoms with van der Waals surface area (Å²) in [6.45, 7) is 2.81. The van der Waals surface area contributed by atoms with Crippen LogP contribution in [0.15, 0.2) is 59.8 Å². The van der Waals surface area contributed by atoms with Crippen molar-refractivity contribution in [1.82, 2.24) is 0 Å². The average Bonchev–Trinajstić information content (AvgIpc) is 3.10. The molecular weight excluding hydrogens is 298 g/mol. The predicted octanol–water partition coefficient (Wildman–Crippen LogP) is 5.34. The first-order chi connectivity index (χ1) is 11.8. The molecule has 0 amide bonds. The monoisotopic (exact) mass is 323 g/mol. The van der Waals surface area contributed by atoms with Gasteiger partial charge < -0.3 is 9.57 Å². The second-order valence-corrected chi connectivity index (χ2v) is 6.26. The smallest absolute Gasteiger partial charge is 0.133 e. The Balaban J connectivity index is 1.50. The molecule has 0 spiro atoms. The van der Waals surface area contributed by atoms with Crippen LogP contribution in [-0.4, -0.2) is 11.8 Å². The number of ether oxygens (including phenoxy) is 1. The van der Waals surface area contributed by atoms with Crippen LogP contribution in [0.3, 0.4) is 0 Å². The maximum atomic E-state index is 5.83. The zero-order valence-electron chi connectivity index (χ0n) is 14.3. The van der Waals surface area contributed by atoms with Crippen LogP contribution in [0, 0.1) is 0 Å². The zero-order valence-corrected chi connectivity index (χ0v) is 14.3. The van der Waals surface area contributed by atoms with Gasteiger partial charge in [0.1, 0.15) is 18.5 Å². The fourth-order valence-electron chi connectivity index (χ4n) is 2.86. The van der Waals surface area contributed by atoms with E-state index in [2.05, 4.69) is 36.3 Å². The van der Waals surface area contributed by atoms with Crippen molar-refractivity contribution in [2.24, 2.45) is 5.16 Å². The second kappa shape index (κ2) is 8.53. The van der Waals surface area contributed by atoms with Crippen molar-refractivity contribution in [2.75, 3.05) is 0 Å². The highest BCUT2D eigenvalue weighted by Crippen LogP contribution is 2.22. The fourth-order valence-corrected chi connectivity index (χ4v) is 2.86. The minimum atomic E-state index is 0.251. The molecule has 0 saturated carbocycles. The molecule has 126 valence electrons. The summed E-state index contributed by atoms with van der Waals surface area (Å²) in [6.07, 6.45) is 5.98. The van der Waals surface area contributed by atoms with E-state index in [0.29, 0.717) is 6.61 Å². The number of rotatable bonds is 8. The third-order valence-electron chi connectivity index (χ3n) is 4.30. The molecule has 0 fully saturated rings. The van der Waals surface area contributed by atoms with Crippen molar-refractivity contribution < 1.29 is 9.57 Å². The highest BCUT2D eigenvalue weighted by Gasteiger charge is 2.21. The van der Waals surface area contributed by atoms with Crippen molar-refractivity contribution in [2.45, 2.75) is 51.7 Å². The zero-order chi connectivity index (χ0) is 16.6. The van der Waals surface area contributed by atoms with Crippen molar-refractivity contribution in [3.63, 3.8) is 0 Å². The second-order valence-electron chi connectivity index (χ2n) is 6.26. The van der Waals surface area contributed by atoms with Crippen molar-refractivity contribution in [3.8, 4) is 5.75 Å². The molecule has 3 rings (SSSR count). The first-order valence-corrected chi connectivity index (χ1v) is 8.85. The molecule has 0 aliphatic carbocycles. The van der Waals surface area contributed by atoms with E-state index in [1.54, 1.807) is 0 Å². The Labute approximate surface area is 144 Å². The SMILES string of the molecule is CCCCC[C@H]1CC(c2ccc(OCc3ccccc3)cc2)=NO1. The summed E-state index contributed by atoms with van der Waals surface area (Å²) < 4.78 is 5.83. The molecule has 0 bridgehead atoms. The van der Waals surface area contributed by atoms with Gasteiger partial charge in [0, 0.05) is 6.42 Å². The Morgan fingerprint density at radius 1 is 1.04 bits per heavy atom. The van der Waals surface area contributed by atoms with Gasteiger partial charge in [0.25, 0.3) is 0 Å². The van der Waals surface area contributed by atoms with Gasteiger partial charge in [0.05, 0.1) is 5.71 Å². The summed E-state index contributed by atoms with van der Waals surface area (Å²) in [5.74, 6) is 0.876. The highest BCUT2D eigenvalue weighted by atomic mass is 16.6. The molecule has 0 radical (unpaired) electrons. The van der Waals surface area contributed by atoms with E-state index in [9.17, 15) is 0 Å². The average molecular weight is 323 g/mol. The van der Waals surface area contributed by atoms with Crippen molar-refractivity contribution in [1.29, 1.82) is 0 Å². The van der Waals surface area contributed by atoms with Crippen LogP contribution in [0.25, 0.3) is 0 Å². The molecule has 3 nitrogen and oxygen atoms in total. The summed E-state index contributed by atoms with van der Waals surface area (Å²) in [5.41, 5.74) is 3.34. The summed E-state index contributed by atoms with van der Waals surface area (Å²) >= 11 is 0. The molecule has 0 saturated heterocycles. The van der Waals surface area contributed by atoms with Crippen molar-refractivity contribution in [3.05, 3.63) is 65.7 Å². The maximum Gasteiger partial charge on any atom is 0.133 e. The van der Waals surface area contributed by atoms with Gasteiger partial charge >= 0.3 is 0 Å². The number of nitrogens with zero attached hydrogens (tertiary/aromatic N) is 1. The van der Waals surface area contributed by atoms with Gasteiger partial charge in [-0.05, 0) is 48.2 Å². The summed E-state index contributed by atoms with van der Waals surface area (Å²) in [7, 11) is 0. The first-order valence-electron chi connectivity index (χ1n) is 8.85. The van der Waals surface area contributed by atoms with E-state index in [1.165, 1.54) is 24.8 Å². The van der Waals surface area contributed by atoms with Gasteiger partial charge in [-0.1, -0.05) is 55.3 Å². The standard InChI is InChI=1S/C21H25NO2/c1-2-3-5-10-20-15-21(22-24-20)18-11-13-19(14-12-18)23-16-17-8-6-4-7-9-17/h4,6-9,11-14,20H,2-3,5,10,15-16H2,1H3/t20-/m0/s1. The van der Waals surface area contributed by atoms with Gasteiger partial charge in [-0.15, -0.1) is 0 Å². The minimum Gasteiger partial charge on any atom is -0.489 e. The molecular formula is C21H25NO2. The Kier molecular flexibility index (Phi) is 5.89. The van der Waals surface area contributed by atoms with E-state index >= 15 is 0 Å². The quantitative estimate of drug-likeness (QED) is 0.614. The molecule has 0 unspecified atom stereocenters. The van der Waals surface area contributed by atoms with Crippen LogP contribution in [0.5, 0.6) is 5.75 Å². The van der Waals surface area contributed by atoms with E-state index in [-0.39, 0.29) is 6.10 Å². The third-order valence-corrected chi connectivity index (χ3v) is 4.30. The van der Waals surface area contributed by atoms with E-state index < -0.39 is 0 Å². The molecule has 1 heterocycles. The lowest BCUT2D eigenvalue weighted by Gasteiger charge is -2.08. The Morgan fingerprint density at radius 3 is 2.58 bits per heavy atom. The topological polar surface area (TPSA) is 30.8 Å². The molecule has 2 aromatic rings. The van der Waals surface area contributed by atoms with Crippen LogP contribution in [0.2, 0.25) is 0 Å². The van der Waals surface area contributed by atoms with Gasteiger partial charge in [-0.2, -0.15) is 0 Å². The Morgan fingerprint density at radius 2 is 1.83 bits per heavy atom. The summed E-state index contributed by atoms with van der Waals surface area (Å²) in [6, 6.07) is 18.3. The van der Waals surface area contributed by atoms with Gasteiger partial charge in [0.2, 0.25) is 0 Å². The molecule has 1 aliphatic rings. The van der Waals surface area contributed by atoms with Crippen molar-refractivity contribution >= 4 is 5.71 Å². The van der Waals surface area contributed by atoms with Gasteiger partial charge in [-0.3, -0.25) is 0 Å². The Bertz CT molecular complexity index is 649. The maximum absolute atomic E-state index is 5.83. The lowest BCUT2D eigenvalue weighted by atomic mass is 10.0. The molecule has 3 heteroatoms. The molecule has 0 aromatic heterocycles. The lowest BCUT2D eigenvalue weighted by Crippen LogP contribution is -2.08. The lowest BCUT2D eigenvalue weighted by molar-refractivity contribution is 0.0771. The first kappa shape index (κ1) is 16.6. The van der Waals surface area contributed by atoms with Crippen LogP contribution in [0.1, 0.15) is 50.2 Å². The van der Waals surface area contributed by atoms with E-state index in [4.69, 9.17) is 9.57 Å². The fraction of sp³-hybridized carbons (Fsp3) is 0.381. The largest absolute Gasteiger partial charge is 0.489 e. The van der Waals surface area contributed by atoms with Gasteiger partial charge in [0.15, 0.2) is 0 Å². The van der Waals surface area contributed by atoms with Crippen LogP contribution in [0.4, 0.5) is 0 Å². The molecule has 1 aliphatic heterocycles. The molecule has 24 heavy (non-hydrogen) atoms. The third kappa shape index (κ3) is 4.60. The minimum absolute atomic E-state index is 0.251. The predicted molar refractivity (Wildman–Crippen MR) is 97.4 cm³/mol. The Hall–Kier alpha value is -2.29. The number of hydrogen-bond acceptors (Lipinski definition) is 3. The van der Waals surface area contributed by atoms with E-state index in [1.807, 2.05) is 30.3 Å². The summed E-state index contributed by atoms with van der Waals surface area (Å²) in [4.78, 5) is 5.56. The molecule has 2 aromatic carbocycles. The van der Waals surface area contributed by atoms with Crippen LogP contribution >= 0.6 is 0 Å².